The van der Waals surface area contributed by atoms with Gasteiger partial charge in [-0.3, -0.25) is 22.8 Å². The molecule has 2 aromatic heterocycles. The van der Waals surface area contributed by atoms with Crippen molar-refractivity contribution in [1.82, 2.24) is 24.4 Å². The van der Waals surface area contributed by atoms with Gasteiger partial charge in [-0.1, -0.05) is 30.3 Å². The molecule has 0 amide bonds. The molecule has 224 valence electrons. The molecule has 0 saturated carbocycles. The number of nitrogens with zero attached hydrogens (tertiary/aromatic N) is 5. The van der Waals surface area contributed by atoms with Crippen LogP contribution in [0.3, 0.4) is 0 Å². The highest BCUT2D eigenvalue weighted by Gasteiger charge is 2.45. The number of anilines is 1. The Morgan fingerprint density at radius 2 is 1.60 bits per heavy atom. The number of fused-ring (bicyclic) bond motifs is 1. The summed E-state index contributed by atoms with van der Waals surface area (Å²) < 4.78 is 70.9. The molecule has 40 heavy (non-hydrogen) atoms. The topological polar surface area (TPSA) is 307 Å². The van der Waals surface area contributed by atoms with Crippen LogP contribution in [0, 0.1) is 0 Å². The molecule has 1 saturated heterocycles. The van der Waals surface area contributed by atoms with Gasteiger partial charge < -0.3 is 30.4 Å². The van der Waals surface area contributed by atoms with Crippen LogP contribution >= 0.6 is 0 Å². The number of ether oxygens (including phenoxy) is 1. The zero-order valence-electron chi connectivity index (χ0n) is 20.7. The van der Waals surface area contributed by atoms with Crippen molar-refractivity contribution in [2.45, 2.75) is 24.5 Å². The molecule has 1 aliphatic rings. The van der Waals surface area contributed by atoms with Crippen LogP contribution in [0.15, 0.2) is 36.7 Å². The Bertz CT molecular complexity index is 1410. The zero-order valence-corrected chi connectivity index (χ0v) is 22.4. The Labute approximate surface area is 228 Å². The maximum atomic E-state index is 10.8. The van der Waals surface area contributed by atoms with Crippen LogP contribution in [-0.2, 0) is 30.4 Å². The van der Waals surface area contributed by atoms with Crippen molar-refractivity contribution in [2.24, 2.45) is 5.90 Å². The molecule has 0 unspecified atom stereocenters. The maximum Gasteiger partial charge on any atom is 0.394 e. The molecule has 21 heteroatoms. The van der Waals surface area contributed by atoms with E-state index in [1.165, 1.54) is 6.33 Å². The summed E-state index contributed by atoms with van der Waals surface area (Å²) in [6.07, 6.45) is -2.49. The minimum absolute atomic E-state index is 0.224. The zero-order chi connectivity index (χ0) is 30.3. The highest BCUT2D eigenvalue weighted by atomic mass is 32.3. The van der Waals surface area contributed by atoms with Crippen LogP contribution in [0.2, 0.25) is 0 Å². The van der Waals surface area contributed by atoms with Gasteiger partial charge in [-0.2, -0.15) is 16.8 Å². The SMILES string of the molecule is CN(CCON)C[C@H]1O[C@@H](n2c(-c3ccccc3)nc3c(N)ncnc32)[C@H](O)[C@@H]1O.O=S(=O)(O)O.O=S(=O)(O)O. The Kier molecular flexibility index (Phi) is 11.7. The van der Waals surface area contributed by atoms with E-state index >= 15 is 0 Å². The minimum atomic E-state index is -4.67. The molecular weight excluding hydrogens is 582 g/mol. The average molecular weight is 612 g/mol. The summed E-state index contributed by atoms with van der Waals surface area (Å²) in [6, 6.07) is 9.43. The molecule has 4 rings (SSSR count). The number of imidazole rings is 1. The lowest BCUT2D eigenvalue weighted by Crippen LogP contribution is -2.39. The molecular formula is C19H29N7O12S2. The molecule has 0 radical (unpaired) electrons. The Balaban J connectivity index is 0.000000482. The van der Waals surface area contributed by atoms with Crippen molar-refractivity contribution in [2.75, 3.05) is 32.5 Å². The standard InChI is InChI=1S/C19H25N7O4.2H2O4S/c1-25(7-8-29-21)9-12-14(27)15(28)19(30-12)26-17(11-5-3-2-4-6-11)24-13-16(20)22-10-23-18(13)26;2*1-5(2,3)4/h2-6,10,12,14-15,19,27-28H,7-9,21H2,1H3,(H2,20,22,23);2*(H2,1,2,3,4)/t12-,14-,15-,19-;;/m1../s1. The first-order valence-corrected chi connectivity index (χ1v) is 13.8. The second-order valence-electron chi connectivity index (χ2n) is 8.18. The van der Waals surface area contributed by atoms with Crippen molar-refractivity contribution in [3.8, 4) is 11.4 Å². The lowest BCUT2D eigenvalue weighted by Gasteiger charge is -2.22. The monoisotopic (exact) mass is 611 g/mol. The summed E-state index contributed by atoms with van der Waals surface area (Å²) in [6.45, 7) is 1.27. The lowest BCUT2D eigenvalue weighted by atomic mass is 10.1. The largest absolute Gasteiger partial charge is 0.394 e. The van der Waals surface area contributed by atoms with Gasteiger partial charge in [0, 0.05) is 18.7 Å². The van der Waals surface area contributed by atoms with Gasteiger partial charge in [0.25, 0.3) is 0 Å². The molecule has 4 atom stereocenters. The number of aliphatic hydroxyl groups is 2. The third-order valence-corrected chi connectivity index (χ3v) is 5.21. The number of aliphatic hydroxyl groups excluding tert-OH is 2. The maximum absolute atomic E-state index is 10.8. The van der Waals surface area contributed by atoms with Crippen molar-refractivity contribution < 1.29 is 54.8 Å². The first-order valence-electron chi connectivity index (χ1n) is 11.0. The number of rotatable bonds is 7. The van der Waals surface area contributed by atoms with Gasteiger partial charge in [0.15, 0.2) is 23.2 Å². The van der Waals surface area contributed by atoms with Crippen LogP contribution in [0.1, 0.15) is 6.23 Å². The first-order chi connectivity index (χ1) is 18.5. The van der Waals surface area contributed by atoms with Crippen molar-refractivity contribution in [1.29, 1.82) is 0 Å². The third-order valence-electron chi connectivity index (χ3n) is 5.21. The summed E-state index contributed by atoms with van der Waals surface area (Å²) in [7, 11) is -7.48. The van der Waals surface area contributed by atoms with E-state index in [-0.39, 0.29) is 5.82 Å². The van der Waals surface area contributed by atoms with E-state index < -0.39 is 45.3 Å². The second kappa shape index (κ2) is 14.1. The predicted molar refractivity (Wildman–Crippen MR) is 137 cm³/mol. The van der Waals surface area contributed by atoms with E-state index in [0.29, 0.717) is 36.7 Å². The minimum Gasteiger partial charge on any atom is -0.387 e. The fraction of sp³-hybridized carbons (Fsp3) is 0.421. The summed E-state index contributed by atoms with van der Waals surface area (Å²) in [4.78, 5) is 19.4. The molecule has 1 aromatic carbocycles. The van der Waals surface area contributed by atoms with E-state index in [0.717, 1.165) is 5.56 Å². The van der Waals surface area contributed by atoms with Crippen LogP contribution in [0.4, 0.5) is 5.82 Å². The van der Waals surface area contributed by atoms with E-state index in [4.69, 9.17) is 51.4 Å². The Morgan fingerprint density at radius 1 is 1.02 bits per heavy atom. The summed E-state index contributed by atoms with van der Waals surface area (Å²) in [5, 5.41) is 21.5. The van der Waals surface area contributed by atoms with Gasteiger partial charge in [0.1, 0.15) is 30.5 Å². The fourth-order valence-corrected chi connectivity index (χ4v) is 3.66. The van der Waals surface area contributed by atoms with E-state index in [1.807, 2.05) is 42.3 Å². The first kappa shape index (κ1) is 33.3. The van der Waals surface area contributed by atoms with E-state index in [1.54, 1.807) is 4.57 Å². The Hall–Kier alpha value is -2.93. The van der Waals surface area contributed by atoms with Crippen molar-refractivity contribution in [3.63, 3.8) is 0 Å². The summed E-state index contributed by atoms with van der Waals surface area (Å²) in [5.74, 6) is 5.82. The van der Waals surface area contributed by atoms with Crippen LogP contribution in [-0.4, -0.2) is 115 Å². The highest BCUT2D eigenvalue weighted by molar-refractivity contribution is 7.80. The molecule has 10 N–H and O–H groups in total. The normalized spacial score (nSPS) is 21.0. The summed E-state index contributed by atoms with van der Waals surface area (Å²) in [5.41, 5.74) is 7.63. The molecule has 3 heterocycles. The smallest absolute Gasteiger partial charge is 0.387 e. The van der Waals surface area contributed by atoms with Crippen LogP contribution in [0.5, 0.6) is 0 Å². The quantitative estimate of drug-likeness (QED) is 0.108. The molecule has 1 aliphatic heterocycles. The number of nitrogens with two attached hydrogens (primary N) is 2. The molecule has 19 nitrogen and oxygen atoms in total. The highest BCUT2D eigenvalue weighted by Crippen LogP contribution is 2.36. The number of nitrogen functional groups attached to an aromatic ring is 1. The molecule has 0 aliphatic carbocycles. The van der Waals surface area contributed by atoms with Gasteiger partial charge in [0.05, 0.1) is 6.61 Å². The molecule has 1 fully saturated rings. The Morgan fingerprint density at radius 3 is 2.15 bits per heavy atom. The van der Waals surface area contributed by atoms with E-state index in [9.17, 15) is 10.2 Å². The van der Waals surface area contributed by atoms with Gasteiger partial charge >= 0.3 is 20.8 Å². The number of likely N-dealkylation sites (N-methyl/N-ethyl adjacent to an activating group) is 1. The fourth-order valence-electron chi connectivity index (χ4n) is 3.66. The molecule has 0 spiro atoms. The third kappa shape index (κ3) is 10.2. The predicted octanol–water partition coefficient (Wildman–Crippen LogP) is -1.79. The van der Waals surface area contributed by atoms with Crippen LogP contribution < -0.4 is 11.6 Å². The van der Waals surface area contributed by atoms with Crippen molar-refractivity contribution >= 4 is 37.8 Å². The van der Waals surface area contributed by atoms with E-state index in [2.05, 4.69) is 19.8 Å². The number of hydrogen-bond donors (Lipinski definition) is 8. The lowest BCUT2D eigenvalue weighted by molar-refractivity contribution is -0.0428. The van der Waals surface area contributed by atoms with Gasteiger partial charge in [-0.25, -0.2) is 20.8 Å². The molecule has 0 bridgehead atoms. The number of aromatic nitrogens is 4. The van der Waals surface area contributed by atoms with Gasteiger partial charge in [-0.15, -0.1) is 0 Å². The number of hydrogen-bond acceptors (Lipinski definition) is 14. The summed E-state index contributed by atoms with van der Waals surface area (Å²) >= 11 is 0. The van der Waals surface area contributed by atoms with Gasteiger partial charge in [-0.05, 0) is 7.05 Å². The number of benzene rings is 1. The van der Waals surface area contributed by atoms with Gasteiger partial charge in [0.2, 0.25) is 0 Å². The average Bonchev–Trinajstić information content (AvgIpc) is 3.35. The molecule has 3 aromatic rings. The van der Waals surface area contributed by atoms with Crippen molar-refractivity contribution in [3.05, 3.63) is 36.7 Å². The second-order valence-corrected chi connectivity index (χ2v) is 9.97. The van der Waals surface area contributed by atoms with Crippen LogP contribution in [0.25, 0.3) is 22.6 Å².